The average Bonchev–Trinajstić information content (AvgIpc) is 2.88. The second-order valence-corrected chi connectivity index (χ2v) is 6.17. The molecule has 0 aliphatic carbocycles. The van der Waals surface area contributed by atoms with Crippen molar-refractivity contribution in [3.8, 4) is 11.1 Å². The SMILES string of the molecule is Cc1cc(F)ccc1-c1c(C)nn(C)c1N(C)c1ccccc1[N+](=O)[O-]. The van der Waals surface area contributed by atoms with Crippen molar-refractivity contribution in [3.05, 3.63) is 69.7 Å². The van der Waals surface area contributed by atoms with Crippen LogP contribution >= 0.6 is 0 Å². The largest absolute Gasteiger partial charge is 0.323 e. The maximum Gasteiger partial charge on any atom is 0.292 e. The van der Waals surface area contributed by atoms with E-state index in [9.17, 15) is 14.5 Å². The standard InChI is InChI=1S/C19H19FN4O2/c1-12-11-14(20)9-10-15(12)18-13(2)21-23(4)19(18)22(3)16-7-5-6-8-17(16)24(25)26/h5-11H,1-4H3. The lowest BCUT2D eigenvalue weighted by Gasteiger charge is -2.21. The molecule has 3 rings (SSSR count). The fraction of sp³-hybridized carbons (Fsp3) is 0.211. The molecule has 0 aliphatic heterocycles. The van der Waals surface area contributed by atoms with Crippen LogP contribution < -0.4 is 4.90 Å². The molecule has 1 aromatic heterocycles. The lowest BCUT2D eigenvalue weighted by molar-refractivity contribution is -0.384. The number of nitro benzene ring substituents is 1. The fourth-order valence-electron chi connectivity index (χ4n) is 3.27. The molecular weight excluding hydrogens is 335 g/mol. The maximum atomic E-state index is 13.5. The smallest absolute Gasteiger partial charge is 0.292 e. The molecule has 0 aliphatic rings. The van der Waals surface area contributed by atoms with Crippen LogP contribution in [0.3, 0.4) is 0 Å². The number of para-hydroxylation sites is 2. The summed E-state index contributed by atoms with van der Waals surface area (Å²) in [4.78, 5) is 12.8. The highest BCUT2D eigenvalue weighted by Gasteiger charge is 2.25. The molecule has 0 saturated carbocycles. The minimum atomic E-state index is -0.405. The Kier molecular flexibility index (Phi) is 4.46. The molecule has 134 valence electrons. The van der Waals surface area contributed by atoms with E-state index in [0.29, 0.717) is 11.5 Å². The topological polar surface area (TPSA) is 64.2 Å². The molecule has 3 aromatic rings. The molecule has 6 nitrogen and oxygen atoms in total. The summed E-state index contributed by atoms with van der Waals surface area (Å²) < 4.78 is 15.2. The summed E-state index contributed by atoms with van der Waals surface area (Å²) in [5.74, 6) is 0.396. The molecule has 0 radical (unpaired) electrons. The van der Waals surface area contributed by atoms with Crippen molar-refractivity contribution < 1.29 is 9.31 Å². The number of hydrogen-bond donors (Lipinski definition) is 0. The second kappa shape index (κ2) is 6.59. The lowest BCUT2D eigenvalue weighted by Crippen LogP contribution is -2.16. The van der Waals surface area contributed by atoms with Gasteiger partial charge in [-0.05, 0) is 43.2 Å². The van der Waals surface area contributed by atoms with Crippen LogP contribution in [-0.2, 0) is 7.05 Å². The summed E-state index contributed by atoms with van der Waals surface area (Å²) in [6.45, 7) is 3.70. The highest BCUT2D eigenvalue weighted by atomic mass is 19.1. The Morgan fingerprint density at radius 1 is 1.19 bits per heavy atom. The van der Waals surface area contributed by atoms with Gasteiger partial charge in [-0.3, -0.25) is 14.8 Å². The van der Waals surface area contributed by atoms with E-state index in [4.69, 9.17) is 0 Å². The van der Waals surface area contributed by atoms with E-state index in [-0.39, 0.29) is 11.5 Å². The molecule has 0 unspecified atom stereocenters. The molecule has 7 heteroatoms. The van der Waals surface area contributed by atoms with Gasteiger partial charge in [-0.2, -0.15) is 5.10 Å². The summed E-state index contributed by atoms with van der Waals surface area (Å²) in [5, 5.41) is 15.9. The van der Waals surface area contributed by atoms with Gasteiger partial charge in [0.25, 0.3) is 5.69 Å². The van der Waals surface area contributed by atoms with Crippen LogP contribution in [0.1, 0.15) is 11.3 Å². The van der Waals surface area contributed by atoms with Gasteiger partial charge in [0.05, 0.1) is 10.6 Å². The summed E-state index contributed by atoms with van der Waals surface area (Å²) in [6.07, 6.45) is 0. The van der Waals surface area contributed by atoms with Gasteiger partial charge < -0.3 is 4.90 Å². The molecule has 2 aromatic carbocycles. The number of aryl methyl sites for hydroxylation is 3. The highest BCUT2D eigenvalue weighted by Crippen LogP contribution is 2.40. The van der Waals surface area contributed by atoms with Gasteiger partial charge in [-0.25, -0.2) is 4.39 Å². The van der Waals surface area contributed by atoms with Crippen LogP contribution in [0.4, 0.5) is 21.6 Å². The zero-order valence-corrected chi connectivity index (χ0v) is 15.0. The van der Waals surface area contributed by atoms with Gasteiger partial charge in [-0.15, -0.1) is 0 Å². The van der Waals surface area contributed by atoms with E-state index in [2.05, 4.69) is 5.10 Å². The summed E-state index contributed by atoms with van der Waals surface area (Å²) in [6, 6.07) is 11.1. The number of nitro groups is 1. The third-order valence-electron chi connectivity index (χ3n) is 4.41. The van der Waals surface area contributed by atoms with E-state index in [0.717, 1.165) is 22.4 Å². The molecule has 0 atom stereocenters. The fourth-order valence-corrected chi connectivity index (χ4v) is 3.27. The number of rotatable bonds is 4. The molecule has 0 spiro atoms. The first kappa shape index (κ1) is 17.6. The molecular formula is C19H19FN4O2. The Morgan fingerprint density at radius 2 is 1.88 bits per heavy atom. The third-order valence-corrected chi connectivity index (χ3v) is 4.41. The zero-order chi connectivity index (χ0) is 19.0. The van der Waals surface area contributed by atoms with Gasteiger partial charge in [0, 0.05) is 25.7 Å². The Bertz CT molecular complexity index is 997. The van der Waals surface area contributed by atoms with Crippen LogP contribution in [-0.4, -0.2) is 21.8 Å². The Hall–Kier alpha value is -3.22. The molecule has 0 N–H and O–H groups in total. The molecule has 1 heterocycles. The van der Waals surface area contributed by atoms with Crippen LogP contribution in [0.15, 0.2) is 42.5 Å². The molecule has 0 saturated heterocycles. The Morgan fingerprint density at radius 3 is 2.54 bits per heavy atom. The Balaban J connectivity index is 2.22. The zero-order valence-electron chi connectivity index (χ0n) is 15.0. The van der Waals surface area contributed by atoms with Gasteiger partial charge in [-0.1, -0.05) is 18.2 Å². The number of nitrogens with zero attached hydrogens (tertiary/aromatic N) is 4. The van der Waals surface area contributed by atoms with E-state index in [1.807, 2.05) is 13.8 Å². The predicted octanol–water partition coefficient (Wildman–Crippen LogP) is 4.52. The maximum absolute atomic E-state index is 13.5. The first-order valence-corrected chi connectivity index (χ1v) is 8.08. The van der Waals surface area contributed by atoms with E-state index >= 15 is 0 Å². The Labute approximate surface area is 150 Å². The van der Waals surface area contributed by atoms with Gasteiger partial charge in [0.1, 0.15) is 17.3 Å². The molecule has 0 fully saturated rings. The van der Waals surface area contributed by atoms with E-state index < -0.39 is 4.92 Å². The summed E-state index contributed by atoms with van der Waals surface area (Å²) >= 11 is 0. The number of hydrogen-bond acceptors (Lipinski definition) is 4. The first-order valence-electron chi connectivity index (χ1n) is 8.08. The monoisotopic (exact) mass is 354 g/mol. The average molecular weight is 354 g/mol. The van der Waals surface area contributed by atoms with Crippen molar-refractivity contribution in [1.82, 2.24) is 9.78 Å². The van der Waals surface area contributed by atoms with Crippen molar-refractivity contribution in [1.29, 1.82) is 0 Å². The summed E-state index contributed by atoms with van der Waals surface area (Å²) in [5.41, 5.74) is 3.68. The van der Waals surface area contributed by atoms with Gasteiger partial charge in [0.15, 0.2) is 0 Å². The van der Waals surface area contributed by atoms with Crippen LogP contribution in [0.25, 0.3) is 11.1 Å². The minimum absolute atomic E-state index is 0.00984. The quantitative estimate of drug-likeness (QED) is 0.510. The number of halogens is 1. The predicted molar refractivity (Wildman–Crippen MR) is 99.2 cm³/mol. The number of anilines is 2. The molecule has 26 heavy (non-hydrogen) atoms. The van der Waals surface area contributed by atoms with E-state index in [1.54, 1.807) is 47.9 Å². The van der Waals surface area contributed by atoms with Gasteiger partial charge in [0.2, 0.25) is 0 Å². The van der Waals surface area contributed by atoms with Crippen molar-refractivity contribution in [2.24, 2.45) is 7.05 Å². The number of benzene rings is 2. The van der Waals surface area contributed by atoms with Crippen LogP contribution in [0.2, 0.25) is 0 Å². The van der Waals surface area contributed by atoms with Crippen LogP contribution in [0.5, 0.6) is 0 Å². The minimum Gasteiger partial charge on any atom is -0.323 e. The normalized spacial score (nSPS) is 10.8. The van der Waals surface area contributed by atoms with Crippen LogP contribution in [0, 0.1) is 29.8 Å². The van der Waals surface area contributed by atoms with Crippen molar-refractivity contribution in [2.75, 3.05) is 11.9 Å². The number of aromatic nitrogens is 2. The third kappa shape index (κ3) is 2.92. The van der Waals surface area contributed by atoms with E-state index in [1.165, 1.54) is 18.2 Å². The van der Waals surface area contributed by atoms with Crippen molar-refractivity contribution in [2.45, 2.75) is 13.8 Å². The lowest BCUT2D eigenvalue weighted by atomic mass is 10.00. The summed E-state index contributed by atoms with van der Waals surface area (Å²) in [7, 11) is 3.55. The molecule has 0 amide bonds. The van der Waals surface area contributed by atoms with Gasteiger partial charge >= 0.3 is 0 Å². The highest BCUT2D eigenvalue weighted by molar-refractivity contribution is 5.85. The van der Waals surface area contributed by atoms with Crippen molar-refractivity contribution in [3.63, 3.8) is 0 Å². The van der Waals surface area contributed by atoms with Crippen molar-refractivity contribution >= 4 is 17.2 Å². The second-order valence-electron chi connectivity index (χ2n) is 6.17. The first-order chi connectivity index (χ1) is 12.3. The molecule has 0 bridgehead atoms.